The minimum absolute atomic E-state index is 0.223. The van der Waals surface area contributed by atoms with E-state index in [2.05, 4.69) is 61.6 Å². The van der Waals surface area contributed by atoms with Crippen molar-refractivity contribution < 1.29 is 9.47 Å². The zero-order valence-electron chi connectivity index (χ0n) is 16.4. The van der Waals surface area contributed by atoms with Crippen molar-refractivity contribution in [3.8, 4) is 17.0 Å². The lowest BCUT2D eigenvalue weighted by Gasteiger charge is -2.15. The van der Waals surface area contributed by atoms with Gasteiger partial charge in [-0.05, 0) is 37.5 Å². The first-order valence-corrected chi connectivity index (χ1v) is 8.97. The van der Waals surface area contributed by atoms with Gasteiger partial charge >= 0.3 is 0 Å². The number of aryl methyl sites for hydroxylation is 1. The summed E-state index contributed by atoms with van der Waals surface area (Å²) in [6.07, 6.45) is 4.01. The lowest BCUT2D eigenvalue weighted by molar-refractivity contribution is 0.164. The molecule has 0 aliphatic rings. The Kier molecular flexibility index (Phi) is 5.28. The van der Waals surface area contributed by atoms with Crippen LogP contribution in [0.5, 0.6) is 5.75 Å². The Labute approximate surface area is 155 Å². The second kappa shape index (κ2) is 7.46. The number of rotatable bonds is 6. The predicted octanol–water partition coefficient (Wildman–Crippen LogP) is 4.75. The van der Waals surface area contributed by atoms with Crippen LogP contribution in [0.25, 0.3) is 22.3 Å². The molecule has 3 aromatic rings. The predicted molar refractivity (Wildman–Crippen MR) is 105 cm³/mol. The maximum atomic E-state index is 5.65. The molecule has 0 N–H and O–H groups in total. The van der Waals surface area contributed by atoms with Crippen molar-refractivity contribution in [2.24, 2.45) is 0 Å². The Morgan fingerprint density at radius 2 is 1.92 bits per heavy atom. The van der Waals surface area contributed by atoms with Crippen LogP contribution in [0.3, 0.4) is 0 Å². The second-order valence-electron chi connectivity index (χ2n) is 7.06. The van der Waals surface area contributed by atoms with E-state index in [1.165, 1.54) is 0 Å². The van der Waals surface area contributed by atoms with E-state index in [1.54, 1.807) is 14.2 Å². The maximum Gasteiger partial charge on any atom is 0.147 e. The summed E-state index contributed by atoms with van der Waals surface area (Å²) in [6.45, 7) is 9.15. The fourth-order valence-electron chi connectivity index (χ4n) is 3.25. The zero-order valence-corrected chi connectivity index (χ0v) is 16.4. The second-order valence-corrected chi connectivity index (χ2v) is 7.06. The highest BCUT2D eigenvalue weighted by atomic mass is 16.5. The monoisotopic (exact) mass is 353 g/mol. The molecule has 0 aliphatic carbocycles. The standard InChI is InChI=1S/C21H27N3O2/c1-13(2)17-8-7-16(10-22-17)21-19(26-6)9-18-20(23-21)14(3)11-24(18)15(4)12-25-5/h7-11,13,15H,12H2,1-6H3/t15-/m0/s1. The number of methoxy groups -OCH3 is 2. The Hall–Kier alpha value is -2.40. The van der Waals surface area contributed by atoms with Gasteiger partial charge in [-0.1, -0.05) is 13.8 Å². The first kappa shape index (κ1) is 18.4. The van der Waals surface area contributed by atoms with Gasteiger partial charge in [0.25, 0.3) is 0 Å². The van der Waals surface area contributed by atoms with E-state index in [-0.39, 0.29) is 6.04 Å². The van der Waals surface area contributed by atoms with Crippen molar-refractivity contribution in [2.45, 2.75) is 39.7 Å². The maximum absolute atomic E-state index is 5.65. The highest BCUT2D eigenvalue weighted by molar-refractivity contribution is 5.85. The van der Waals surface area contributed by atoms with Crippen LogP contribution < -0.4 is 4.74 Å². The zero-order chi connectivity index (χ0) is 18.8. The number of pyridine rings is 2. The molecule has 3 aromatic heterocycles. The number of hydrogen-bond donors (Lipinski definition) is 0. The van der Waals surface area contributed by atoms with E-state index in [0.29, 0.717) is 12.5 Å². The van der Waals surface area contributed by atoms with E-state index in [1.807, 2.05) is 6.20 Å². The van der Waals surface area contributed by atoms with Crippen molar-refractivity contribution in [2.75, 3.05) is 20.8 Å². The molecule has 0 saturated heterocycles. The van der Waals surface area contributed by atoms with Crippen molar-refractivity contribution in [3.05, 3.63) is 41.9 Å². The SMILES string of the molecule is COC[C@H](C)n1cc(C)c2nc(-c3ccc(C(C)C)nc3)c(OC)cc21. The van der Waals surface area contributed by atoms with Gasteiger partial charge < -0.3 is 14.0 Å². The molecule has 5 nitrogen and oxygen atoms in total. The Bertz CT molecular complexity index is 898. The van der Waals surface area contributed by atoms with Crippen LogP contribution in [-0.2, 0) is 4.74 Å². The van der Waals surface area contributed by atoms with Gasteiger partial charge in [0.1, 0.15) is 11.4 Å². The summed E-state index contributed by atoms with van der Waals surface area (Å²) in [5, 5.41) is 0. The summed E-state index contributed by atoms with van der Waals surface area (Å²) in [5.74, 6) is 1.15. The fourth-order valence-corrected chi connectivity index (χ4v) is 3.25. The third-order valence-corrected chi connectivity index (χ3v) is 4.71. The van der Waals surface area contributed by atoms with Crippen molar-refractivity contribution >= 4 is 11.0 Å². The molecule has 0 bridgehead atoms. The normalized spacial score (nSPS) is 12.7. The molecule has 3 rings (SSSR count). The number of nitrogens with zero attached hydrogens (tertiary/aromatic N) is 3. The summed E-state index contributed by atoms with van der Waals surface area (Å²) in [5.41, 5.74) is 6.03. The molecule has 0 aromatic carbocycles. The number of fused-ring (bicyclic) bond motifs is 1. The molecule has 0 fully saturated rings. The first-order valence-electron chi connectivity index (χ1n) is 8.97. The summed E-state index contributed by atoms with van der Waals surface area (Å²) in [7, 11) is 3.40. The highest BCUT2D eigenvalue weighted by Crippen LogP contribution is 2.34. The van der Waals surface area contributed by atoms with Crippen LogP contribution in [0.4, 0.5) is 0 Å². The number of hydrogen-bond acceptors (Lipinski definition) is 4. The minimum Gasteiger partial charge on any atom is -0.494 e. The van der Waals surface area contributed by atoms with Gasteiger partial charge in [0.2, 0.25) is 0 Å². The molecule has 1 atom stereocenters. The van der Waals surface area contributed by atoms with Crippen molar-refractivity contribution in [3.63, 3.8) is 0 Å². The van der Waals surface area contributed by atoms with Gasteiger partial charge in [-0.2, -0.15) is 0 Å². The summed E-state index contributed by atoms with van der Waals surface area (Å²) in [6, 6.07) is 6.41. The Morgan fingerprint density at radius 3 is 2.50 bits per heavy atom. The molecule has 3 heterocycles. The van der Waals surface area contributed by atoms with Crippen molar-refractivity contribution in [1.29, 1.82) is 0 Å². The third kappa shape index (κ3) is 3.31. The molecule has 138 valence electrons. The third-order valence-electron chi connectivity index (χ3n) is 4.71. The van der Waals surface area contributed by atoms with Gasteiger partial charge in [0.05, 0.1) is 30.8 Å². The van der Waals surface area contributed by atoms with Crippen LogP contribution in [0, 0.1) is 6.92 Å². The van der Waals surface area contributed by atoms with Crippen LogP contribution >= 0.6 is 0 Å². The first-order chi connectivity index (χ1) is 12.5. The van der Waals surface area contributed by atoms with E-state index in [9.17, 15) is 0 Å². The van der Waals surface area contributed by atoms with Crippen LogP contribution in [0.15, 0.2) is 30.6 Å². The Balaban J connectivity index is 2.13. The lowest BCUT2D eigenvalue weighted by atomic mass is 10.1. The number of aromatic nitrogens is 3. The van der Waals surface area contributed by atoms with E-state index in [0.717, 1.165) is 39.3 Å². The van der Waals surface area contributed by atoms with Gasteiger partial charge in [-0.15, -0.1) is 0 Å². The smallest absolute Gasteiger partial charge is 0.147 e. The summed E-state index contributed by atoms with van der Waals surface area (Å²) in [4.78, 5) is 9.50. The molecule has 0 amide bonds. The van der Waals surface area contributed by atoms with Gasteiger partial charge in [0, 0.05) is 36.8 Å². The highest BCUT2D eigenvalue weighted by Gasteiger charge is 2.17. The van der Waals surface area contributed by atoms with Crippen LogP contribution in [-0.4, -0.2) is 35.4 Å². The molecule has 5 heteroatoms. The number of ether oxygens (including phenoxy) is 2. The van der Waals surface area contributed by atoms with Crippen molar-refractivity contribution in [1.82, 2.24) is 14.5 Å². The van der Waals surface area contributed by atoms with Gasteiger partial charge in [-0.25, -0.2) is 4.98 Å². The largest absolute Gasteiger partial charge is 0.494 e. The molecular formula is C21H27N3O2. The van der Waals surface area contributed by atoms with Gasteiger partial charge in [-0.3, -0.25) is 4.98 Å². The minimum atomic E-state index is 0.223. The van der Waals surface area contributed by atoms with E-state index >= 15 is 0 Å². The average molecular weight is 353 g/mol. The molecular weight excluding hydrogens is 326 g/mol. The molecule has 0 aliphatic heterocycles. The van der Waals surface area contributed by atoms with Crippen LogP contribution in [0.2, 0.25) is 0 Å². The summed E-state index contributed by atoms with van der Waals surface area (Å²) >= 11 is 0. The average Bonchev–Trinajstić information content (AvgIpc) is 2.97. The van der Waals surface area contributed by atoms with Crippen LogP contribution in [0.1, 0.15) is 44.0 Å². The molecule has 0 saturated carbocycles. The molecule has 0 radical (unpaired) electrons. The van der Waals surface area contributed by atoms with Gasteiger partial charge in [0.15, 0.2) is 0 Å². The molecule has 0 unspecified atom stereocenters. The quantitative estimate of drug-likeness (QED) is 0.642. The van der Waals surface area contributed by atoms with E-state index < -0.39 is 0 Å². The topological polar surface area (TPSA) is 49.2 Å². The fraction of sp³-hybridized carbons (Fsp3) is 0.429. The molecule has 26 heavy (non-hydrogen) atoms. The Morgan fingerprint density at radius 1 is 1.15 bits per heavy atom. The van der Waals surface area contributed by atoms with E-state index in [4.69, 9.17) is 14.5 Å². The molecule has 0 spiro atoms. The summed E-state index contributed by atoms with van der Waals surface area (Å²) < 4.78 is 13.2. The lowest BCUT2D eigenvalue weighted by Crippen LogP contribution is -2.10.